The van der Waals surface area contributed by atoms with Crippen molar-refractivity contribution in [2.75, 3.05) is 6.54 Å². The van der Waals surface area contributed by atoms with Gasteiger partial charge in [-0.05, 0) is 32.0 Å². The molecule has 0 amide bonds. The fourth-order valence-electron chi connectivity index (χ4n) is 2.07. The van der Waals surface area contributed by atoms with Gasteiger partial charge < -0.3 is 10.1 Å². The largest absolute Gasteiger partial charge is 0.437 e. The second-order valence-electron chi connectivity index (χ2n) is 4.82. The van der Waals surface area contributed by atoms with Gasteiger partial charge in [0.1, 0.15) is 10.8 Å². The van der Waals surface area contributed by atoms with Crippen LogP contribution in [-0.2, 0) is 13.6 Å². The van der Waals surface area contributed by atoms with Crippen molar-refractivity contribution in [3.05, 3.63) is 39.5 Å². The topological polar surface area (TPSA) is 39.1 Å². The molecule has 4 nitrogen and oxygen atoms in total. The van der Waals surface area contributed by atoms with Gasteiger partial charge in [-0.1, -0.05) is 36.2 Å². The summed E-state index contributed by atoms with van der Waals surface area (Å²) in [5, 5.41) is 8.66. The third-order valence-corrected chi connectivity index (χ3v) is 3.94. The summed E-state index contributed by atoms with van der Waals surface area (Å²) in [5.41, 5.74) is 1.97. The van der Waals surface area contributed by atoms with Gasteiger partial charge in [-0.15, -0.1) is 0 Å². The van der Waals surface area contributed by atoms with E-state index < -0.39 is 0 Å². The number of hydrogen-bond acceptors (Lipinski definition) is 3. The molecule has 0 spiro atoms. The molecular weight excluding hydrogens is 309 g/mol. The van der Waals surface area contributed by atoms with Crippen molar-refractivity contribution in [2.24, 2.45) is 7.05 Å². The Bertz CT molecular complexity index is 626. The molecule has 0 radical (unpaired) electrons. The molecule has 0 saturated heterocycles. The summed E-state index contributed by atoms with van der Waals surface area (Å²) in [6.07, 6.45) is 1.08. The Morgan fingerprint density at radius 2 is 2.10 bits per heavy atom. The Morgan fingerprint density at radius 3 is 2.81 bits per heavy atom. The van der Waals surface area contributed by atoms with Crippen LogP contribution in [0.1, 0.15) is 24.6 Å². The van der Waals surface area contributed by atoms with Crippen molar-refractivity contribution in [1.82, 2.24) is 15.1 Å². The number of halogens is 2. The first kappa shape index (κ1) is 16.1. The lowest BCUT2D eigenvalue weighted by Gasteiger charge is -2.11. The van der Waals surface area contributed by atoms with Gasteiger partial charge in [0.05, 0.1) is 16.3 Å². The van der Waals surface area contributed by atoms with Crippen LogP contribution in [0.25, 0.3) is 0 Å². The van der Waals surface area contributed by atoms with E-state index in [-0.39, 0.29) is 0 Å². The quantitative estimate of drug-likeness (QED) is 0.803. The zero-order chi connectivity index (χ0) is 15.4. The summed E-state index contributed by atoms with van der Waals surface area (Å²) in [6, 6.07) is 5.33. The van der Waals surface area contributed by atoms with Gasteiger partial charge in [0.15, 0.2) is 0 Å². The zero-order valence-corrected chi connectivity index (χ0v) is 13.9. The molecule has 21 heavy (non-hydrogen) atoms. The smallest absolute Gasteiger partial charge is 0.222 e. The molecule has 0 aliphatic carbocycles. The Balaban J connectivity index is 2.28. The molecular formula is C15H19Cl2N3O. The highest BCUT2D eigenvalue weighted by Gasteiger charge is 2.17. The number of nitrogens with zero attached hydrogens (tertiary/aromatic N) is 2. The third-order valence-electron chi connectivity index (χ3n) is 3.14. The Morgan fingerprint density at radius 1 is 1.33 bits per heavy atom. The van der Waals surface area contributed by atoms with E-state index in [0.717, 1.165) is 24.2 Å². The van der Waals surface area contributed by atoms with Crippen molar-refractivity contribution in [2.45, 2.75) is 26.8 Å². The van der Waals surface area contributed by atoms with Crippen LogP contribution in [0, 0.1) is 6.92 Å². The maximum Gasteiger partial charge on any atom is 0.222 e. The normalized spacial score (nSPS) is 10.9. The lowest BCUT2D eigenvalue weighted by Crippen LogP contribution is -2.14. The SMILES string of the molecule is CCCNCc1c(C)nn(C)c1Oc1cccc(Cl)c1Cl. The number of hydrogen-bond donors (Lipinski definition) is 1. The minimum atomic E-state index is 0.408. The van der Waals surface area contributed by atoms with Gasteiger partial charge in [-0.25, -0.2) is 4.68 Å². The summed E-state index contributed by atoms with van der Waals surface area (Å²) < 4.78 is 7.67. The molecule has 0 unspecified atom stereocenters. The van der Waals surface area contributed by atoms with Crippen molar-refractivity contribution in [3.8, 4) is 11.6 Å². The van der Waals surface area contributed by atoms with Crippen LogP contribution >= 0.6 is 23.2 Å². The highest BCUT2D eigenvalue weighted by molar-refractivity contribution is 6.42. The molecule has 0 saturated carbocycles. The molecule has 0 fully saturated rings. The first-order chi connectivity index (χ1) is 10.0. The summed E-state index contributed by atoms with van der Waals surface area (Å²) in [4.78, 5) is 0. The van der Waals surface area contributed by atoms with Crippen molar-refractivity contribution < 1.29 is 4.74 Å². The molecule has 0 aliphatic heterocycles. The lowest BCUT2D eigenvalue weighted by molar-refractivity contribution is 0.424. The Kier molecular flexibility index (Phi) is 5.51. The van der Waals surface area contributed by atoms with E-state index in [1.165, 1.54) is 0 Å². The number of aromatic nitrogens is 2. The molecule has 2 rings (SSSR count). The second-order valence-corrected chi connectivity index (χ2v) is 5.61. The van der Waals surface area contributed by atoms with Crippen LogP contribution in [0.15, 0.2) is 18.2 Å². The van der Waals surface area contributed by atoms with Gasteiger partial charge >= 0.3 is 0 Å². The highest BCUT2D eigenvalue weighted by atomic mass is 35.5. The van der Waals surface area contributed by atoms with Gasteiger partial charge in [0, 0.05) is 13.6 Å². The molecule has 6 heteroatoms. The van der Waals surface area contributed by atoms with Gasteiger partial charge in [0.25, 0.3) is 0 Å². The number of benzene rings is 1. The minimum absolute atomic E-state index is 0.408. The van der Waals surface area contributed by atoms with Crippen LogP contribution in [0.4, 0.5) is 0 Å². The first-order valence-corrected chi connectivity index (χ1v) is 7.65. The number of rotatable bonds is 6. The molecule has 114 valence electrons. The Labute approximate surface area is 135 Å². The Hall–Kier alpha value is -1.23. The van der Waals surface area contributed by atoms with Gasteiger partial charge in [0.2, 0.25) is 5.88 Å². The summed E-state index contributed by atoms with van der Waals surface area (Å²) in [6.45, 7) is 5.76. The molecule has 1 aromatic heterocycles. The molecule has 1 aromatic carbocycles. The zero-order valence-electron chi connectivity index (χ0n) is 12.4. The van der Waals surface area contributed by atoms with E-state index in [0.29, 0.717) is 28.2 Å². The van der Waals surface area contributed by atoms with Crippen LogP contribution in [0.2, 0.25) is 10.0 Å². The van der Waals surface area contributed by atoms with E-state index in [9.17, 15) is 0 Å². The average Bonchev–Trinajstić information content (AvgIpc) is 2.71. The van der Waals surface area contributed by atoms with Crippen LogP contribution in [0.3, 0.4) is 0 Å². The molecule has 0 bridgehead atoms. The molecule has 2 aromatic rings. The molecule has 0 atom stereocenters. The van der Waals surface area contributed by atoms with E-state index >= 15 is 0 Å². The van der Waals surface area contributed by atoms with Crippen molar-refractivity contribution in [3.63, 3.8) is 0 Å². The van der Waals surface area contributed by atoms with Crippen molar-refractivity contribution >= 4 is 23.2 Å². The predicted molar refractivity (Wildman–Crippen MR) is 86.5 cm³/mol. The standard InChI is InChI=1S/C15H19Cl2N3O/c1-4-8-18-9-11-10(2)19-20(3)15(11)21-13-7-5-6-12(16)14(13)17/h5-7,18H,4,8-9H2,1-3H3. The van der Waals surface area contributed by atoms with Crippen molar-refractivity contribution in [1.29, 1.82) is 0 Å². The first-order valence-electron chi connectivity index (χ1n) is 6.89. The molecule has 1 N–H and O–H groups in total. The fourth-order valence-corrected chi connectivity index (χ4v) is 2.40. The fraction of sp³-hybridized carbons (Fsp3) is 0.400. The summed E-state index contributed by atoms with van der Waals surface area (Å²) in [5.74, 6) is 1.21. The van der Waals surface area contributed by atoms with E-state index in [1.54, 1.807) is 16.8 Å². The summed E-state index contributed by atoms with van der Waals surface area (Å²) >= 11 is 12.2. The van der Waals surface area contributed by atoms with E-state index in [1.807, 2.05) is 20.0 Å². The number of ether oxygens (including phenoxy) is 1. The third kappa shape index (κ3) is 3.70. The van der Waals surface area contributed by atoms with Crippen LogP contribution in [-0.4, -0.2) is 16.3 Å². The number of aryl methyl sites for hydroxylation is 2. The monoisotopic (exact) mass is 327 g/mol. The number of nitrogens with one attached hydrogen (secondary N) is 1. The lowest BCUT2D eigenvalue weighted by atomic mass is 10.2. The molecule has 0 aliphatic rings. The predicted octanol–water partition coefficient (Wildman–Crippen LogP) is 4.33. The van der Waals surface area contributed by atoms with E-state index in [2.05, 4.69) is 17.3 Å². The minimum Gasteiger partial charge on any atom is -0.437 e. The summed E-state index contributed by atoms with van der Waals surface area (Å²) in [7, 11) is 1.85. The van der Waals surface area contributed by atoms with Crippen LogP contribution in [0.5, 0.6) is 11.6 Å². The van der Waals surface area contributed by atoms with E-state index in [4.69, 9.17) is 27.9 Å². The van der Waals surface area contributed by atoms with Gasteiger partial charge in [-0.2, -0.15) is 5.10 Å². The average molecular weight is 328 g/mol. The van der Waals surface area contributed by atoms with Crippen LogP contribution < -0.4 is 10.1 Å². The maximum absolute atomic E-state index is 6.18. The molecule has 1 heterocycles. The second kappa shape index (κ2) is 7.16. The highest BCUT2D eigenvalue weighted by Crippen LogP contribution is 2.36. The maximum atomic E-state index is 6.18. The van der Waals surface area contributed by atoms with Gasteiger partial charge in [-0.3, -0.25) is 0 Å².